The Balaban J connectivity index is 3.25. The standard InChI is InChI=1S/C8H6F4N2/c9-4-1-3(2-5(13)14)6(10)8(12)7(4)11/h1H,2H2,(H3,13,14). The Morgan fingerprint density at radius 2 is 1.71 bits per heavy atom. The average molecular weight is 206 g/mol. The molecular weight excluding hydrogens is 200 g/mol. The number of amidine groups is 1. The van der Waals surface area contributed by atoms with E-state index in [1.807, 2.05) is 0 Å². The molecule has 1 aromatic rings. The van der Waals surface area contributed by atoms with E-state index in [-0.39, 0.29) is 0 Å². The van der Waals surface area contributed by atoms with Gasteiger partial charge in [-0.3, -0.25) is 5.41 Å². The molecule has 0 unspecified atom stereocenters. The fourth-order valence-electron chi connectivity index (χ4n) is 0.956. The van der Waals surface area contributed by atoms with Gasteiger partial charge in [-0.25, -0.2) is 17.6 Å². The van der Waals surface area contributed by atoms with Crippen molar-refractivity contribution in [1.29, 1.82) is 5.41 Å². The van der Waals surface area contributed by atoms with Gasteiger partial charge in [0.15, 0.2) is 23.3 Å². The maximum Gasteiger partial charge on any atom is 0.197 e. The number of hydrogen-bond acceptors (Lipinski definition) is 1. The van der Waals surface area contributed by atoms with Crippen LogP contribution in [0.1, 0.15) is 5.56 Å². The summed E-state index contributed by atoms with van der Waals surface area (Å²) in [5, 5.41) is 6.80. The number of nitrogens with two attached hydrogens (primary N) is 1. The molecule has 0 saturated heterocycles. The third-order valence-corrected chi connectivity index (χ3v) is 1.56. The van der Waals surface area contributed by atoms with E-state index in [0.29, 0.717) is 6.07 Å². The van der Waals surface area contributed by atoms with Gasteiger partial charge in [0.1, 0.15) is 0 Å². The van der Waals surface area contributed by atoms with Crippen LogP contribution in [0.5, 0.6) is 0 Å². The first kappa shape index (κ1) is 10.5. The van der Waals surface area contributed by atoms with Gasteiger partial charge in [-0.15, -0.1) is 0 Å². The average Bonchev–Trinajstić information content (AvgIpc) is 2.10. The van der Waals surface area contributed by atoms with Gasteiger partial charge < -0.3 is 5.73 Å². The predicted octanol–water partition coefficient (Wildman–Crippen LogP) is 1.72. The van der Waals surface area contributed by atoms with E-state index in [1.54, 1.807) is 0 Å². The van der Waals surface area contributed by atoms with Gasteiger partial charge in [-0.2, -0.15) is 0 Å². The SMILES string of the molecule is N=C(N)Cc1cc(F)c(F)c(F)c1F. The highest BCUT2D eigenvalue weighted by Gasteiger charge is 2.18. The van der Waals surface area contributed by atoms with Crippen LogP contribution in [0.3, 0.4) is 0 Å². The van der Waals surface area contributed by atoms with Crippen LogP contribution < -0.4 is 5.73 Å². The lowest BCUT2D eigenvalue weighted by atomic mass is 10.1. The molecule has 0 fully saturated rings. The molecule has 6 heteroatoms. The Bertz CT molecular complexity index is 389. The van der Waals surface area contributed by atoms with Crippen LogP contribution in [0.15, 0.2) is 6.07 Å². The lowest BCUT2D eigenvalue weighted by molar-refractivity contribution is 0.405. The van der Waals surface area contributed by atoms with Crippen molar-refractivity contribution in [3.63, 3.8) is 0 Å². The molecule has 0 spiro atoms. The molecule has 0 radical (unpaired) electrons. The molecule has 0 aliphatic heterocycles. The molecule has 0 atom stereocenters. The molecule has 3 N–H and O–H groups in total. The van der Waals surface area contributed by atoms with Crippen LogP contribution in [-0.2, 0) is 6.42 Å². The summed E-state index contributed by atoms with van der Waals surface area (Å²) in [6, 6.07) is 0.481. The summed E-state index contributed by atoms with van der Waals surface area (Å²) < 4.78 is 50.5. The van der Waals surface area contributed by atoms with Crippen molar-refractivity contribution in [3.8, 4) is 0 Å². The number of hydrogen-bond donors (Lipinski definition) is 2. The minimum absolute atomic E-state index is 0.458. The molecule has 0 aromatic heterocycles. The van der Waals surface area contributed by atoms with Crippen molar-refractivity contribution in [1.82, 2.24) is 0 Å². The first-order chi connectivity index (χ1) is 6.43. The van der Waals surface area contributed by atoms with E-state index in [9.17, 15) is 17.6 Å². The quantitative estimate of drug-likeness (QED) is 0.250. The van der Waals surface area contributed by atoms with Crippen LogP contribution in [0.4, 0.5) is 17.6 Å². The number of rotatable bonds is 2. The molecule has 76 valence electrons. The van der Waals surface area contributed by atoms with E-state index in [0.717, 1.165) is 0 Å². The molecule has 14 heavy (non-hydrogen) atoms. The van der Waals surface area contributed by atoms with Crippen molar-refractivity contribution in [3.05, 3.63) is 34.9 Å². The zero-order valence-electron chi connectivity index (χ0n) is 6.87. The third kappa shape index (κ3) is 1.84. The summed E-state index contributed by atoms with van der Waals surface area (Å²) in [5.74, 6) is -7.23. The molecule has 1 rings (SSSR count). The van der Waals surface area contributed by atoms with Gasteiger partial charge >= 0.3 is 0 Å². The summed E-state index contributed by atoms with van der Waals surface area (Å²) in [6.07, 6.45) is -0.458. The molecule has 1 aromatic carbocycles. The summed E-state index contributed by atoms with van der Waals surface area (Å²) in [5.41, 5.74) is 4.43. The maximum atomic E-state index is 12.9. The van der Waals surface area contributed by atoms with Gasteiger partial charge in [0.25, 0.3) is 0 Å². The lowest BCUT2D eigenvalue weighted by Crippen LogP contribution is -2.15. The minimum atomic E-state index is -1.89. The zero-order chi connectivity index (χ0) is 10.9. The largest absolute Gasteiger partial charge is 0.387 e. The molecule has 0 aliphatic carbocycles. The topological polar surface area (TPSA) is 49.9 Å². The number of halogens is 4. The van der Waals surface area contributed by atoms with Crippen LogP contribution in [0, 0.1) is 28.7 Å². The number of nitrogens with one attached hydrogen (secondary N) is 1. The highest BCUT2D eigenvalue weighted by molar-refractivity contribution is 5.79. The van der Waals surface area contributed by atoms with Gasteiger partial charge in [-0.1, -0.05) is 0 Å². The maximum absolute atomic E-state index is 12.9. The van der Waals surface area contributed by atoms with Crippen LogP contribution >= 0.6 is 0 Å². The Morgan fingerprint density at radius 3 is 2.21 bits per heavy atom. The van der Waals surface area contributed by atoms with Crippen LogP contribution in [-0.4, -0.2) is 5.84 Å². The Kier molecular flexibility index (Phi) is 2.73. The molecule has 0 aliphatic rings. The molecule has 0 heterocycles. The van der Waals surface area contributed by atoms with E-state index in [2.05, 4.69) is 0 Å². The van der Waals surface area contributed by atoms with E-state index < -0.39 is 41.1 Å². The van der Waals surface area contributed by atoms with Crippen molar-refractivity contribution in [2.24, 2.45) is 5.73 Å². The lowest BCUT2D eigenvalue weighted by Gasteiger charge is -2.04. The van der Waals surface area contributed by atoms with E-state index in [4.69, 9.17) is 11.1 Å². The van der Waals surface area contributed by atoms with E-state index >= 15 is 0 Å². The van der Waals surface area contributed by atoms with Crippen molar-refractivity contribution >= 4 is 5.84 Å². The molecule has 0 saturated carbocycles. The fraction of sp³-hybridized carbons (Fsp3) is 0.125. The summed E-state index contributed by atoms with van der Waals surface area (Å²) in [4.78, 5) is 0. The Morgan fingerprint density at radius 1 is 1.14 bits per heavy atom. The summed E-state index contributed by atoms with van der Waals surface area (Å²) in [6.45, 7) is 0. The van der Waals surface area contributed by atoms with Crippen LogP contribution in [0.25, 0.3) is 0 Å². The monoisotopic (exact) mass is 206 g/mol. The first-order valence-corrected chi connectivity index (χ1v) is 3.58. The smallest absolute Gasteiger partial charge is 0.197 e. The van der Waals surface area contributed by atoms with Gasteiger partial charge in [-0.05, 0) is 6.07 Å². The Labute approximate surface area is 76.8 Å². The van der Waals surface area contributed by atoms with Crippen molar-refractivity contribution < 1.29 is 17.6 Å². The summed E-state index contributed by atoms with van der Waals surface area (Å²) in [7, 11) is 0. The normalized spacial score (nSPS) is 10.3. The molecule has 0 amide bonds. The predicted molar refractivity (Wildman–Crippen MR) is 41.9 cm³/mol. The Hall–Kier alpha value is -1.59. The first-order valence-electron chi connectivity index (χ1n) is 3.58. The highest BCUT2D eigenvalue weighted by atomic mass is 19.2. The zero-order valence-corrected chi connectivity index (χ0v) is 6.87. The van der Waals surface area contributed by atoms with Gasteiger partial charge in [0.2, 0.25) is 0 Å². The van der Waals surface area contributed by atoms with Crippen molar-refractivity contribution in [2.45, 2.75) is 6.42 Å². The molecule has 0 bridgehead atoms. The van der Waals surface area contributed by atoms with Crippen molar-refractivity contribution in [2.75, 3.05) is 0 Å². The highest BCUT2D eigenvalue weighted by Crippen LogP contribution is 2.18. The third-order valence-electron chi connectivity index (χ3n) is 1.56. The van der Waals surface area contributed by atoms with Crippen LogP contribution in [0.2, 0.25) is 0 Å². The minimum Gasteiger partial charge on any atom is -0.387 e. The second-order valence-electron chi connectivity index (χ2n) is 2.66. The molecule has 2 nitrogen and oxygen atoms in total. The number of benzene rings is 1. The van der Waals surface area contributed by atoms with E-state index in [1.165, 1.54) is 0 Å². The molecular formula is C8H6F4N2. The summed E-state index contributed by atoms with van der Waals surface area (Å²) >= 11 is 0. The second kappa shape index (κ2) is 3.65. The van der Waals surface area contributed by atoms with Gasteiger partial charge in [0.05, 0.1) is 5.84 Å². The van der Waals surface area contributed by atoms with Gasteiger partial charge in [0, 0.05) is 12.0 Å². The fourth-order valence-corrected chi connectivity index (χ4v) is 0.956. The second-order valence-corrected chi connectivity index (χ2v) is 2.66.